The first-order valence-electron chi connectivity index (χ1n) is 5.46. The topological polar surface area (TPSA) is 23.6 Å². The van der Waals surface area contributed by atoms with Crippen molar-refractivity contribution >= 4 is 5.78 Å². The van der Waals surface area contributed by atoms with Gasteiger partial charge in [-0.15, -0.1) is 0 Å². The Morgan fingerprint density at radius 3 is 2.21 bits per heavy atom. The first-order valence-corrected chi connectivity index (χ1v) is 5.46. The molecule has 0 aromatic rings. The second-order valence-electron chi connectivity index (χ2n) is 4.55. The molecule has 1 fully saturated rings. The number of nitrogens with zero attached hydrogens (tertiary/aromatic N) is 2. The number of ketones is 1. The van der Waals surface area contributed by atoms with Gasteiger partial charge in [0.1, 0.15) is 5.78 Å². The van der Waals surface area contributed by atoms with Gasteiger partial charge in [0, 0.05) is 32.0 Å². The highest BCUT2D eigenvalue weighted by Crippen LogP contribution is 2.18. The van der Waals surface area contributed by atoms with E-state index in [4.69, 9.17) is 0 Å². The fourth-order valence-electron chi connectivity index (χ4n) is 1.91. The predicted octanol–water partition coefficient (Wildman–Crippen LogP) is 0.991. The van der Waals surface area contributed by atoms with Gasteiger partial charge < -0.3 is 9.80 Å². The van der Waals surface area contributed by atoms with Crippen molar-refractivity contribution in [1.29, 1.82) is 0 Å². The summed E-state index contributed by atoms with van der Waals surface area (Å²) in [5.41, 5.74) is 0. The van der Waals surface area contributed by atoms with E-state index < -0.39 is 0 Å². The number of carbonyl (C=O) groups is 1. The first-order chi connectivity index (χ1) is 6.59. The van der Waals surface area contributed by atoms with E-state index in [0.29, 0.717) is 11.8 Å². The molecule has 0 aromatic carbocycles. The lowest BCUT2D eigenvalue weighted by Crippen LogP contribution is -2.39. The third-order valence-corrected chi connectivity index (χ3v) is 3.04. The molecular weight excluding hydrogens is 176 g/mol. The Kier molecular flexibility index (Phi) is 4.55. The van der Waals surface area contributed by atoms with Crippen molar-refractivity contribution in [2.45, 2.75) is 31.7 Å². The Bertz CT molecular complexity index is 182. The van der Waals surface area contributed by atoms with Gasteiger partial charge in [0.25, 0.3) is 0 Å². The van der Waals surface area contributed by atoms with E-state index in [1.807, 2.05) is 0 Å². The monoisotopic (exact) mass is 198 g/mol. The molecule has 0 aromatic heterocycles. The molecule has 3 heteroatoms. The highest BCUT2D eigenvalue weighted by molar-refractivity contribution is 5.79. The van der Waals surface area contributed by atoms with Gasteiger partial charge in [-0.25, -0.2) is 0 Å². The van der Waals surface area contributed by atoms with Crippen LogP contribution in [0.1, 0.15) is 25.7 Å². The van der Waals surface area contributed by atoms with Gasteiger partial charge in [-0.2, -0.15) is 0 Å². The molecule has 1 aliphatic rings. The molecule has 0 aliphatic heterocycles. The molecule has 0 heterocycles. The first kappa shape index (κ1) is 11.7. The molecule has 0 amide bonds. The summed E-state index contributed by atoms with van der Waals surface area (Å²) in [6, 6.07) is 0.632. The van der Waals surface area contributed by atoms with Gasteiger partial charge in [0.2, 0.25) is 0 Å². The van der Waals surface area contributed by atoms with Crippen LogP contribution in [0.25, 0.3) is 0 Å². The number of likely N-dealkylation sites (N-methyl/N-ethyl adjacent to an activating group) is 2. The van der Waals surface area contributed by atoms with E-state index in [1.165, 1.54) is 0 Å². The van der Waals surface area contributed by atoms with Crippen molar-refractivity contribution in [2.24, 2.45) is 0 Å². The zero-order valence-electron chi connectivity index (χ0n) is 9.62. The van der Waals surface area contributed by atoms with Gasteiger partial charge >= 0.3 is 0 Å². The molecular formula is C11H22N2O. The molecule has 0 radical (unpaired) electrons. The van der Waals surface area contributed by atoms with Crippen LogP contribution >= 0.6 is 0 Å². The summed E-state index contributed by atoms with van der Waals surface area (Å²) in [4.78, 5) is 15.7. The summed E-state index contributed by atoms with van der Waals surface area (Å²) in [5.74, 6) is 0.447. The van der Waals surface area contributed by atoms with Crippen molar-refractivity contribution in [3.8, 4) is 0 Å². The summed E-state index contributed by atoms with van der Waals surface area (Å²) < 4.78 is 0. The van der Waals surface area contributed by atoms with E-state index in [2.05, 4.69) is 30.9 Å². The SMILES string of the molecule is CN(C)CCN(C)C1CCC(=O)CC1. The van der Waals surface area contributed by atoms with E-state index >= 15 is 0 Å². The van der Waals surface area contributed by atoms with Crippen molar-refractivity contribution in [3.05, 3.63) is 0 Å². The van der Waals surface area contributed by atoms with Crippen molar-refractivity contribution in [3.63, 3.8) is 0 Å². The van der Waals surface area contributed by atoms with Crippen LogP contribution in [0.3, 0.4) is 0 Å². The van der Waals surface area contributed by atoms with E-state index in [0.717, 1.165) is 38.8 Å². The maximum Gasteiger partial charge on any atom is 0.133 e. The normalized spacial score (nSPS) is 19.6. The molecule has 82 valence electrons. The molecule has 0 atom stereocenters. The third kappa shape index (κ3) is 3.76. The molecule has 1 aliphatic carbocycles. The minimum Gasteiger partial charge on any atom is -0.308 e. The van der Waals surface area contributed by atoms with Crippen LogP contribution in [0.2, 0.25) is 0 Å². The van der Waals surface area contributed by atoms with Crippen molar-refractivity contribution in [1.82, 2.24) is 9.80 Å². The smallest absolute Gasteiger partial charge is 0.133 e. The van der Waals surface area contributed by atoms with E-state index in [9.17, 15) is 4.79 Å². The summed E-state index contributed by atoms with van der Waals surface area (Å²) in [6.07, 6.45) is 3.69. The molecule has 0 unspecified atom stereocenters. The fourth-order valence-corrected chi connectivity index (χ4v) is 1.91. The number of hydrogen-bond donors (Lipinski definition) is 0. The zero-order valence-corrected chi connectivity index (χ0v) is 9.62. The maximum absolute atomic E-state index is 11.1. The van der Waals surface area contributed by atoms with Crippen LogP contribution in [-0.4, -0.2) is 55.9 Å². The quantitative estimate of drug-likeness (QED) is 0.673. The molecule has 1 rings (SSSR count). The van der Waals surface area contributed by atoms with E-state index in [-0.39, 0.29) is 0 Å². The van der Waals surface area contributed by atoms with Crippen LogP contribution < -0.4 is 0 Å². The molecule has 0 spiro atoms. The van der Waals surface area contributed by atoms with Gasteiger partial charge in [0.05, 0.1) is 0 Å². The highest BCUT2D eigenvalue weighted by atomic mass is 16.1. The second kappa shape index (κ2) is 5.47. The second-order valence-corrected chi connectivity index (χ2v) is 4.55. The Morgan fingerprint density at radius 2 is 1.71 bits per heavy atom. The summed E-state index contributed by atoms with van der Waals surface area (Å²) in [5, 5.41) is 0. The van der Waals surface area contributed by atoms with Gasteiger partial charge in [-0.05, 0) is 34.0 Å². The fraction of sp³-hybridized carbons (Fsp3) is 0.909. The summed E-state index contributed by atoms with van der Waals surface area (Å²) in [7, 11) is 6.36. The lowest BCUT2D eigenvalue weighted by atomic mass is 9.93. The third-order valence-electron chi connectivity index (χ3n) is 3.04. The molecule has 0 saturated heterocycles. The number of rotatable bonds is 4. The minimum atomic E-state index is 0.447. The highest BCUT2D eigenvalue weighted by Gasteiger charge is 2.21. The average molecular weight is 198 g/mol. The molecule has 0 bridgehead atoms. The maximum atomic E-state index is 11.1. The van der Waals surface area contributed by atoms with Gasteiger partial charge in [0.15, 0.2) is 0 Å². The molecule has 3 nitrogen and oxygen atoms in total. The molecule has 1 saturated carbocycles. The molecule has 14 heavy (non-hydrogen) atoms. The molecule has 0 N–H and O–H groups in total. The lowest BCUT2D eigenvalue weighted by molar-refractivity contribution is -0.121. The van der Waals surface area contributed by atoms with Crippen LogP contribution in [0.15, 0.2) is 0 Å². The number of Topliss-reactive ketones (excluding diaryl/α,β-unsaturated/α-hetero) is 1. The van der Waals surface area contributed by atoms with Crippen LogP contribution in [0.5, 0.6) is 0 Å². The van der Waals surface area contributed by atoms with Crippen LogP contribution in [0.4, 0.5) is 0 Å². The Morgan fingerprint density at radius 1 is 1.14 bits per heavy atom. The zero-order chi connectivity index (χ0) is 10.6. The average Bonchev–Trinajstić information content (AvgIpc) is 2.15. The lowest BCUT2D eigenvalue weighted by Gasteiger charge is -2.31. The van der Waals surface area contributed by atoms with Gasteiger partial charge in [-0.3, -0.25) is 4.79 Å². The van der Waals surface area contributed by atoms with Crippen LogP contribution in [-0.2, 0) is 4.79 Å². The largest absolute Gasteiger partial charge is 0.308 e. The standard InChI is InChI=1S/C11H22N2O/c1-12(2)8-9-13(3)10-4-6-11(14)7-5-10/h10H,4-9H2,1-3H3. The number of carbonyl (C=O) groups excluding carboxylic acids is 1. The van der Waals surface area contributed by atoms with Crippen molar-refractivity contribution < 1.29 is 4.79 Å². The Balaban J connectivity index is 2.23. The summed E-state index contributed by atoms with van der Waals surface area (Å²) in [6.45, 7) is 2.20. The van der Waals surface area contributed by atoms with Crippen LogP contribution in [0, 0.1) is 0 Å². The number of hydrogen-bond acceptors (Lipinski definition) is 3. The predicted molar refractivity (Wildman–Crippen MR) is 58.4 cm³/mol. The summed E-state index contributed by atoms with van der Waals surface area (Å²) >= 11 is 0. The van der Waals surface area contributed by atoms with Crippen molar-refractivity contribution in [2.75, 3.05) is 34.2 Å². The Hall–Kier alpha value is -0.410. The van der Waals surface area contributed by atoms with E-state index in [1.54, 1.807) is 0 Å². The minimum absolute atomic E-state index is 0.447. The Labute approximate surface area is 87.1 Å². The van der Waals surface area contributed by atoms with Gasteiger partial charge in [-0.1, -0.05) is 0 Å².